The molecule has 1 atom stereocenters. The highest BCUT2D eigenvalue weighted by molar-refractivity contribution is 6.04. The van der Waals surface area contributed by atoms with Gasteiger partial charge in [0.1, 0.15) is 5.75 Å². The van der Waals surface area contributed by atoms with Crippen molar-refractivity contribution in [2.24, 2.45) is 0 Å². The summed E-state index contributed by atoms with van der Waals surface area (Å²) in [5, 5.41) is 5.78. The summed E-state index contributed by atoms with van der Waals surface area (Å²) in [6.45, 7) is 4.29. The summed E-state index contributed by atoms with van der Waals surface area (Å²) in [4.78, 5) is 25.8. The molecule has 7 nitrogen and oxygen atoms in total. The van der Waals surface area contributed by atoms with Gasteiger partial charge >= 0.3 is 0 Å². The molecule has 0 aliphatic rings. The number of ether oxygens (including phenoxy) is 3. The maximum absolute atomic E-state index is 12.9. The van der Waals surface area contributed by atoms with Crippen LogP contribution >= 0.6 is 0 Å². The predicted octanol–water partition coefficient (Wildman–Crippen LogP) is 4.78. The maximum atomic E-state index is 12.9. The fraction of sp³-hybridized carbons (Fsp3) is 0.286. The molecule has 3 aromatic carbocycles. The number of aryl methyl sites for hydroxylation is 1. The minimum atomic E-state index is -0.682. The van der Waals surface area contributed by atoms with Crippen LogP contribution in [0.3, 0.4) is 0 Å². The van der Waals surface area contributed by atoms with Gasteiger partial charge in [-0.1, -0.05) is 42.8 Å². The zero-order valence-corrected chi connectivity index (χ0v) is 20.6. The second-order valence-corrected chi connectivity index (χ2v) is 8.06. The van der Waals surface area contributed by atoms with E-state index < -0.39 is 6.10 Å². The Balaban J connectivity index is 1.61. The van der Waals surface area contributed by atoms with Crippen molar-refractivity contribution in [3.8, 4) is 17.2 Å². The Morgan fingerprint density at radius 1 is 0.914 bits per heavy atom. The molecule has 2 N–H and O–H groups in total. The number of nitrogens with one attached hydrogen (secondary N) is 2. The number of anilines is 1. The third-order valence-corrected chi connectivity index (χ3v) is 5.54. The molecular weight excluding hydrogens is 444 g/mol. The summed E-state index contributed by atoms with van der Waals surface area (Å²) in [6, 6.07) is 20.1. The first kappa shape index (κ1) is 25.6. The maximum Gasteiger partial charge on any atom is 0.265 e. The van der Waals surface area contributed by atoms with Crippen LogP contribution in [0.1, 0.15) is 34.8 Å². The van der Waals surface area contributed by atoms with Gasteiger partial charge in [0.05, 0.1) is 25.5 Å². The van der Waals surface area contributed by atoms with Crippen molar-refractivity contribution in [3.05, 3.63) is 83.4 Å². The Kier molecular flexibility index (Phi) is 9.12. The Morgan fingerprint density at radius 3 is 2.31 bits per heavy atom. The van der Waals surface area contributed by atoms with E-state index in [1.54, 1.807) is 38.5 Å². The zero-order chi connectivity index (χ0) is 25.2. The lowest BCUT2D eigenvalue weighted by Crippen LogP contribution is -2.33. The van der Waals surface area contributed by atoms with Crippen LogP contribution in [0, 0.1) is 6.92 Å². The molecule has 0 unspecified atom stereocenters. The standard InChI is InChI=1S/C28H32N2O5/c1-5-24(35-21-13-10-19(2)11-14-21)28(32)30-23-9-7-6-8-22(23)27(31)29-17-16-20-12-15-25(33-3)26(18-20)34-4/h6-15,18,24H,5,16-17H2,1-4H3,(H,29,31)(H,30,32)/t24-/m1/s1. The lowest BCUT2D eigenvalue weighted by Gasteiger charge is -2.18. The van der Waals surface area contributed by atoms with Crippen molar-refractivity contribution in [1.29, 1.82) is 0 Å². The van der Waals surface area contributed by atoms with E-state index in [9.17, 15) is 9.59 Å². The van der Waals surface area contributed by atoms with Gasteiger partial charge in [-0.25, -0.2) is 0 Å². The van der Waals surface area contributed by atoms with Crippen LogP contribution in [0.15, 0.2) is 66.7 Å². The Hall–Kier alpha value is -4.00. The smallest absolute Gasteiger partial charge is 0.265 e. The largest absolute Gasteiger partial charge is 0.493 e. The van der Waals surface area contributed by atoms with E-state index in [0.717, 1.165) is 11.1 Å². The van der Waals surface area contributed by atoms with Gasteiger partial charge in [-0.15, -0.1) is 0 Å². The molecule has 3 aromatic rings. The SMILES string of the molecule is CC[C@@H](Oc1ccc(C)cc1)C(=O)Nc1ccccc1C(=O)NCCc1ccc(OC)c(OC)c1. The Morgan fingerprint density at radius 2 is 1.63 bits per heavy atom. The van der Waals surface area contributed by atoms with Crippen LogP contribution < -0.4 is 24.8 Å². The van der Waals surface area contributed by atoms with Crippen molar-refractivity contribution >= 4 is 17.5 Å². The fourth-order valence-electron chi connectivity index (χ4n) is 3.56. The molecule has 0 aromatic heterocycles. The number of rotatable bonds is 11. The predicted molar refractivity (Wildman–Crippen MR) is 137 cm³/mol. The number of amides is 2. The second-order valence-electron chi connectivity index (χ2n) is 8.06. The molecule has 0 spiro atoms. The highest BCUT2D eigenvalue weighted by Gasteiger charge is 2.21. The van der Waals surface area contributed by atoms with Crippen molar-refractivity contribution in [2.75, 3.05) is 26.1 Å². The molecule has 0 fully saturated rings. The zero-order valence-electron chi connectivity index (χ0n) is 20.6. The van der Waals surface area contributed by atoms with Gasteiger partial charge in [0, 0.05) is 6.54 Å². The first-order valence-corrected chi connectivity index (χ1v) is 11.6. The number of hydrogen-bond donors (Lipinski definition) is 2. The molecule has 0 aliphatic carbocycles. The number of hydrogen-bond acceptors (Lipinski definition) is 5. The van der Waals surface area contributed by atoms with Gasteiger partial charge in [0.15, 0.2) is 17.6 Å². The summed E-state index contributed by atoms with van der Waals surface area (Å²) >= 11 is 0. The number of carbonyl (C=O) groups excluding carboxylic acids is 2. The van der Waals surface area contributed by atoms with Crippen LogP contribution in [0.5, 0.6) is 17.2 Å². The third kappa shape index (κ3) is 6.99. The molecule has 35 heavy (non-hydrogen) atoms. The summed E-state index contributed by atoms with van der Waals surface area (Å²) < 4.78 is 16.5. The van der Waals surface area contributed by atoms with Crippen molar-refractivity contribution in [2.45, 2.75) is 32.8 Å². The number of benzene rings is 3. The van der Waals surface area contributed by atoms with Gasteiger partial charge < -0.3 is 24.8 Å². The van der Waals surface area contributed by atoms with Crippen LogP contribution in [0.2, 0.25) is 0 Å². The number of carbonyl (C=O) groups is 2. The molecule has 0 saturated carbocycles. The summed E-state index contributed by atoms with van der Waals surface area (Å²) in [7, 11) is 3.18. The second kappa shape index (κ2) is 12.5. The summed E-state index contributed by atoms with van der Waals surface area (Å²) in [5.74, 6) is 1.34. The molecule has 0 saturated heterocycles. The van der Waals surface area contributed by atoms with Crippen LogP contribution in [0.4, 0.5) is 5.69 Å². The highest BCUT2D eigenvalue weighted by Crippen LogP contribution is 2.27. The molecule has 0 bridgehead atoms. The molecule has 0 aliphatic heterocycles. The first-order chi connectivity index (χ1) is 16.9. The molecule has 184 valence electrons. The van der Waals surface area contributed by atoms with Gasteiger partial charge in [0.25, 0.3) is 11.8 Å². The van der Waals surface area contributed by atoms with Crippen LogP contribution in [-0.2, 0) is 11.2 Å². The van der Waals surface area contributed by atoms with Crippen molar-refractivity contribution < 1.29 is 23.8 Å². The van der Waals surface area contributed by atoms with E-state index in [4.69, 9.17) is 14.2 Å². The minimum Gasteiger partial charge on any atom is -0.493 e. The average molecular weight is 477 g/mol. The Bertz CT molecular complexity index is 1140. The molecule has 2 amide bonds. The summed E-state index contributed by atoms with van der Waals surface area (Å²) in [6.07, 6.45) is 0.418. The first-order valence-electron chi connectivity index (χ1n) is 11.6. The summed E-state index contributed by atoms with van der Waals surface area (Å²) in [5.41, 5.74) is 2.94. The number of para-hydroxylation sites is 1. The topological polar surface area (TPSA) is 85.9 Å². The van der Waals surface area contributed by atoms with Gasteiger partial charge in [-0.2, -0.15) is 0 Å². The third-order valence-electron chi connectivity index (χ3n) is 5.54. The Labute approximate surface area is 206 Å². The molecule has 7 heteroatoms. The van der Waals surface area contributed by atoms with Crippen LogP contribution in [0.25, 0.3) is 0 Å². The van der Waals surface area contributed by atoms with E-state index in [1.807, 2.05) is 56.3 Å². The van der Waals surface area contributed by atoms with Gasteiger partial charge in [-0.3, -0.25) is 9.59 Å². The minimum absolute atomic E-state index is 0.270. The van der Waals surface area contributed by atoms with Gasteiger partial charge in [-0.05, 0) is 61.7 Å². The molecule has 0 radical (unpaired) electrons. The lowest BCUT2D eigenvalue weighted by molar-refractivity contribution is -0.122. The van der Waals surface area contributed by atoms with E-state index >= 15 is 0 Å². The number of methoxy groups -OCH3 is 2. The quantitative estimate of drug-likeness (QED) is 0.416. The van der Waals surface area contributed by atoms with E-state index in [0.29, 0.717) is 47.9 Å². The average Bonchev–Trinajstić information content (AvgIpc) is 2.88. The van der Waals surface area contributed by atoms with Gasteiger partial charge in [0.2, 0.25) is 0 Å². The molecule has 0 heterocycles. The van der Waals surface area contributed by atoms with E-state index in [1.165, 1.54) is 0 Å². The molecule has 3 rings (SSSR count). The molecular formula is C28H32N2O5. The van der Waals surface area contributed by atoms with Crippen molar-refractivity contribution in [1.82, 2.24) is 5.32 Å². The van der Waals surface area contributed by atoms with E-state index in [2.05, 4.69) is 10.6 Å². The highest BCUT2D eigenvalue weighted by atomic mass is 16.5. The van der Waals surface area contributed by atoms with Crippen LogP contribution in [-0.4, -0.2) is 38.7 Å². The van der Waals surface area contributed by atoms with Crippen molar-refractivity contribution in [3.63, 3.8) is 0 Å². The van der Waals surface area contributed by atoms with E-state index in [-0.39, 0.29) is 11.8 Å². The lowest BCUT2D eigenvalue weighted by atomic mass is 10.1. The fourth-order valence-corrected chi connectivity index (χ4v) is 3.56. The normalized spacial score (nSPS) is 11.3. The monoisotopic (exact) mass is 476 g/mol.